The Hall–Kier alpha value is -2.60. The first kappa shape index (κ1) is 19.7. The molecule has 1 atom stereocenters. The van der Waals surface area contributed by atoms with Crippen LogP contribution in [0.3, 0.4) is 0 Å². The van der Waals surface area contributed by atoms with Gasteiger partial charge in [-0.2, -0.15) is 0 Å². The number of para-hydroxylation sites is 1. The van der Waals surface area contributed by atoms with Crippen LogP contribution in [-0.4, -0.2) is 27.2 Å². The van der Waals surface area contributed by atoms with Crippen molar-refractivity contribution in [3.8, 4) is 5.75 Å². The van der Waals surface area contributed by atoms with Crippen LogP contribution in [-0.2, 0) is 14.6 Å². The number of rotatable bonds is 7. The molecule has 0 aliphatic heterocycles. The molecule has 0 heterocycles. The number of nitrogens with one attached hydrogen (secondary N) is 1. The van der Waals surface area contributed by atoms with Gasteiger partial charge < -0.3 is 10.1 Å². The molecule has 2 rings (SSSR count). The van der Waals surface area contributed by atoms with E-state index in [9.17, 15) is 13.2 Å². The molecule has 0 bridgehead atoms. The summed E-state index contributed by atoms with van der Waals surface area (Å²) in [6, 6.07) is 13.7. The number of benzene rings is 2. The van der Waals surface area contributed by atoms with Crippen LogP contribution >= 0.6 is 0 Å². The molecular formula is C20H23NO4S. The van der Waals surface area contributed by atoms with Crippen molar-refractivity contribution < 1.29 is 17.9 Å². The highest BCUT2D eigenvalue weighted by Gasteiger charge is 2.11. The molecule has 1 unspecified atom stereocenters. The van der Waals surface area contributed by atoms with Gasteiger partial charge in [0.2, 0.25) is 5.91 Å². The van der Waals surface area contributed by atoms with Crippen molar-refractivity contribution in [1.82, 2.24) is 5.32 Å². The third-order valence-corrected chi connectivity index (χ3v) is 4.93. The lowest BCUT2D eigenvalue weighted by Crippen LogP contribution is -2.24. The minimum Gasteiger partial charge on any atom is -0.493 e. The van der Waals surface area contributed by atoms with E-state index in [4.69, 9.17) is 4.74 Å². The van der Waals surface area contributed by atoms with Gasteiger partial charge in [-0.15, -0.1) is 0 Å². The monoisotopic (exact) mass is 373 g/mol. The molecule has 0 saturated heterocycles. The normalized spacial score (nSPS) is 12.7. The van der Waals surface area contributed by atoms with Gasteiger partial charge in [0.1, 0.15) is 5.75 Å². The van der Waals surface area contributed by atoms with Crippen LogP contribution in [0.4, 0.5) is 0 Å². The number of carbonyl (C=O) groups excluding carboxylic acids is 1. The summed E-state index contributed by atoms with van der Waals surface area (Å²) in [5.74, 6) is 0.486. The van der Waals surface area contributed by atoms with Crippen molar-refractivity contribution >= 4 is 21.8 Å². The zero-order valence-corrected chi connectivity index (χ0v) is 15.9. The third kappa shape index (κ3) is 5.46. The van der Waals surface area contributed by atoms with E-state index in [1.807, 2.05) is 38.1 Å². The van der Waals surface area contributed by atoms with Crippen molar-refractivity contribution in [3.63, 3.8) is 0 Å². The minimum atomic E-state index is -3.23. The van der Waals surface area contributed by atoms with Gasteiger partial charge in [0.25, 0.3) is 0 Å². The lowest BCUT2D eigenvalue weighted by Gasteiger charge is -2.13. The van der Waals surface area contributed by atoms with E-state index in [1.165, 1.54) is 6.08 Å². The smallest absolute Gasteiger partial charge is 0.244 e. The van der Waals surface area contributed by atoms with Crippen molar-refractivity contribution in [1.29, 1.82) is 0 Å². The number of ether oxygens (including phenoxy) is 1. The van der Waals surface area contributed by atoms with Crippen LogP contribution in [0.5, 0.6) is 5.75 Å². The summed E-state index contributed by atoms with van der Waals surface area (Å²) >= 11 is 0. The number of sulfone groups is 1. The van der Waals surface area contributed by atoms with Gasteiger partial charge in [0.15, 0.2) is 9.84 Å². The average Bonchev–Trinajstić information content (AvgIpc) is 2.60. The van der Waals surface area contributed by atoms with Crippen molar-refractivity contribution in [3.05, 3.63) is 65.7 Å². The maximum Gasteiger partial charge on any atom is 0.244 e. The molecule has 6 heteroatoms. The number of hydrogen-bond donors (Lipinski definition) is 1. The molecule has 2 aromatic rings. The molecule has 0 aliphatic carbocycles. The van der Waals surface area contributed by atoms with E-state index in [0.717, 1.165) is 23.1 Å². The van der Waals surface area contributed by atoms with Crippen LogP contribution in [0.15, 0.2) is 59.5 Å². The first-order valence-corrected chi connectivity index (χ1v) is 10.2. The highest BCUT2D eigenvalue weighted by Crippen LogP contribution is 2.20. The molecule has 1 N–H and O–H groups in total. The maximum absolute atomic E-state index is 12.2. The number of carbonyl (C=O) groups is 1. The summed E-state index contributed by atoms with van der Waals surface area (Å²) < 4.78 is 28.5. The zero-order chi connectivity index (χ0) is 19.2. The fraction of sp³-hybridized carbons (Fsp3) is 0.250. The first-order chi connectivity index (χ1) is 12.3. The highest BCUT2D eigenvalue weighted by molar-refractivity contribution is 7.90. The van der Waals surface area contributed by atoms with E-state index < -0.39 is 9.84 Å². The molecule has 0 fully saturated rings. The summed E-state index contributed by atoms with van der Waals surface area (Å²) in [4.78, 5) is 12.4. The Balaban J connectivity index is 2.03. The van der Waals surface area contributed by atoms with Gasteiger partial charge in [0, 0.05) is 17.9 Å². The fourth-order valence-corrected chi connectivity index (χ4v) is 3.05. The second-order valence-electron chi connectivity index (χ2n) is 5.88. The van der Waals surface area contributed by atoms with E-state index in [1.54, 1.807) is 30.3 Å². The topological polar surface area (TPSA) is 72.5 Å². The SMILES string of the molecule is CCOc1ccccc1C=CC(=O)NC(C)c1ccc(S(C)(=O)=O)cc1. The van der Waals surface area contributed by atoms with Crippen LogP contribution < -0.4 is 10.1 Å². The molecular weight excluding hydrogens is 350 g/mol. The van der Waals surface area contributed by atoms with Crippen LogP contribution in [0, 0.1) is 0 Å². The number of amides is 1. The largest absolute Gasteiger partial charge is 0.493 e. The fourth-order valence-electron chi connectivity index (χ4n) is 2.42. The van der Waals surface area contributed by atoms with Crippen molar-refractivity contribution in [2.24, 2.45) is 0 Å². The zero-order valence-electron chi connectivity index (χ0n) is 15.1. The molecule has 1 amide bonds. The quantitative estimate of drug-likeness (QED) is 0.755. The molecule has 2 aromatic carbocycles. The predicted molar refractivity (Wildman–Crippen MR) is 103 cm³/mol. The van der Waals surface area contributed by atoms with Gasteiger partial charge >= 0.3 is 0 Å². The maximum atomic E-state index is 12.2. The van der Waals surface area contributed by atoms with Gasteiger partial charge in [-0.3, -0.25) is 4.79 Å². The Bertz CT molecular complexity index is 886. The Labute approximate surface area is 154 Å². The lowest BCUT2D eigenvalue weighted by atomic mass is 10.1. The minimum absolute atomic E-state index is 0.240. The Morgan fingerprint density at radius 1 is 1.15 bits per heavy atom. The van der Waals surface area contributed by atoms with Gasteiger partial charge in [-0.25, -0.2) is 8.42 Å². The van der Waals surface area contributed by atoms with Gasteiger partial charge in [-0.1, -0.05) is 30.3 Å². The van der Waals surface area contributed by atoms with E-state index in [-0.39, 0.29) is 16.8 Å². The Kier molecular flexibility index (Phi) is 6.58. The molecule has 0 aromatic heterocycles. The summed E-state index contributed by atoms with van der Waals surface area (Å²) in [7, 11) is -3.23. The second-order valence-corrected chi connectivity index (χ2v) is 7.89. The third-order valence-electron chi connectivity index (χ3n) is 3.80. The molecule has 0 radical (unpaired) electrons. The van der Waals surface area contributed by atoms with Crippen molar-refractivity contribution in [2.75, 3.05) is 12.9 Å². The van der Waals surface area contributed by atoms with Crippen LogP contribution in [0.25, 0.3) is 6.08 Å². The second kappa shape index (κ2) is 8.67. The summed E-state index contributed by atoms with van der Waals surface area (Å²) in [5, 5.41) is 2.86. The van der Waals surface area contributed by atoms with Crippen LogP contribution in [0.1, 0.15) is 31.0 Å². The number of hydrogen-bond acceptors (Lipinski definition) is 4. The molecule has 26 heavy (non-hydrogen) atoms. The summed E-state index contributed by atoms with van der Waals surface area (Å²) in [6.45, 7) is 4.30. The highest BCUT2D eigenvalue weighted by atomic mass is 32.2. The first-order valence-electron chi connectivity index (χ1n) is 8.31. The van der Waals surface area contributed by atoms with E-state index in [0.29, 0.717) is 6.61 Å². The van der Waals surface area contributed by atoms with E-state index >= 15 is 0 Å². The molecule has 5 nitrogen and oxygen atoms in total. The Morgan fingerprint density at radius 2 is 1.81 bits per heavy atom. The molecule has 0 saturated carbocycles. The van der Waals surface area contributed by atoms with Crippen LogP contribution in [0.2, 0.25) is 0 Å². The average molecular weight is 373 g/mol. The lowest BCUT2D eigenvalue weighted by molar-refractivity contribution is -0.117. The molecule has 138 valence electrons. The molecule has 0 aliphatic rings. The van der Waals surface area contributed by atoms with Gasteiger partial charge in [-0.05, 0) is 43.7 Å². The van der Waals surface area contributed by atoms with Crippen molar-refractivity contribution in [2.45, 2.75) is 24.8 Å². The van der Waals surface area contributed by atoms with Gasteiger partial charge in [0.05, 0.1) is 17.5 Å². The Morgan fingerprint density at radius 3 is 2.42 bits per heavy atom. The predicted octanol–water partition coefficient (Wildman–Crippen LogP) is 3.38. The van der Waals surface area contributed by atoms with E-state index in [2.05, 4.69) is 5.32 Å². The summed E-state index contributed by atoms with van der Waals surface area (Å²) in [6.07, 6.45) is 4.33. The standard InChI is InChI=1S/C20H23NO4S/c1-4-25-19-8-6-5-7-17(19)11-14-20(22)21-15(2)16-9-12-18(13-10-16)26(3,23)24/h5-15H,4H2,1-3H3,(H,21,22). The molecule has 0 spiro atoms. The summed E-state index contributed by atoms with van der Waals surface area (Å²) in [5.41, 5.74) is 1.66.